The lowest BCUT2D eigenvalue weighted by atomic mass is 10.3. The van der Waals surface area contributed by atoms with E-state index in [1.54, 1.807) is 24.3 Å². The van der Waals surface area contributed by atoms with Gasteiger partial charge in [0.1, 0.15) is 5.75 Å². The molecule has 9 heteroatoms. The molecule has 1 aromatic carbocycles. The largest absolute Gasteiger partial charge is 0.506 e. The molecule has 1 aromatic heterocycles. The number of anilines is 4. The van der Waals surface area contributed by atoms with E-state index in [4.69, 9.17) is 10.2 Å². The fraction of sp³-hybridized carbons (Fsp3) is 0.308. The lowest BCUT2D eigenvalue weighted by Gasteiger charge is -2.11. The van der Waals surface area contributed by atoms with Crippen LogP contribution in [0.5, 0.6) is 5.75 Å². The summed E-state index contributed by atoms with van der Waals surface area (Å²) in [5, 5.41) is 36.0. The number of aliphatic hydroxyl groups excluding tert-OH is 2. The number of nitrogens with zero attached hydrogens (tertiary/aromatic N) is 3. The predicted octanol–water partition coefficient (Wildman–Crippen LogP) is 0.129. The van der Waals surface area contributed by atoms with Gasteiger partial charge in [0.2, 0.25) is 17.8 Å². The van der Waals surface area contributed by atoms with Crippen molar-refractivity contribution in [1.29, 1.82) is 0 Å². The first kappa shape index (κ1) is 15.7. The van der Waals surface area contributed by atoms with Crippen LogP contribution in [0, 0.1) is 0 Å². The summed E-state index contributed by atoms with van der Waals surface area (Å²) in [4.78, 5) is 12.4. The molecule has 0 fully saturated rings. The van der Waals surface area contributed by atoms with Gasteiger partial charge in [-0.15, -0.1) is 0 Å². The van der Waals surface area contributed by atoms with Crippen LogP contribution in [0.3, 0.4) is 0 Å². The summed E-state index contributed by atoms with van der Waals surface area (Å²) >= 11 is 0. The lowest BCUT2D eigenvalue weighted by Crippen LogP contribution is -2.14. The molecule has 118 valence electrons. The molecule has 1 heterocycles. The van der Waals surface area contributed by atoms with Gasteiger partial charge in [0.25, 0.3) is 0 Å². The van der Waals surface area contributed by atoms with Crippen LogP contribution >= 0.6 is 0 Å². The Kier molecular flexibility index (Phi) is 5.69. The minimum atomic E-state index is -0.0622. The number of benzene rings is 1. The first-order valence-corrected chi connectivity index (χ1v) is 6.73. The Morgan fingerprint density at radius 3 is 1.91 bits per heavy atom. The van der Waals surface area contributed by atoms with Crippen molar-refractivity contribution >= 4 is 23.5 Å². The van der Waals surface area contributed by atoms with Gasteiger partial charge in [0.05, 0.1) is 18.9 Å². The number of para-hydroxylation sites is 2. The second-order valence-corrected chi connectivity index (χ2v) is 4.25. The zero-order valence-electron chi connectivity index (χ0n) is 11.8. The van der Waals surface area contributed by atoms with Crippen LogP contribution in [0.2, 0.25) is 0 Å². The smallest absolute Gasteiger partial charge is 0.233 e. The first-order chi connectivity index (χ1) is 10.7. The van der Waals surface area contributed by atoms with Gasteiger partial charge < -0.3 is 31.3 Å². The van der Waals surface area contributed by atoms with Crippen molar-refractivity contribution < 1.29 is 15.3 Å². The summed E-state index contributed by atoms with van der Waals surface area (Å²) < 4.78 is 0. The Bertz CT molecular complexity index is 584. The van der Waals surface area contributed by atoms with Crippen LogP contribution in [-0.4, -0.2) is 56.6 Å². The molecule has 0 amide bonds. The van der Waals surface area contributed by atoms with Gasteiger partial charge in [0.15, 0.2) is 0 Å². The Hall–Kier alpha value is -2.65. The highest BCUT2D eigenvalue weighted by Gasteiger charge is 2.08. The number of phenolic OH excluding ortho intramolecular Hbond substituents is 1. The van der Waals surface area contributed by atoms with Gasteiger partial charge in [-0.2, -0.15) is 15.0 Å². The monoisotopic (exact) mass is 306 g/mol. The van der Waals surface area contributed by atoms with Crippen molar-refractivity contribution in [1.82, 2.24) is 15.0 Å². The number of aliphatic hydroxyl groups is 2. The average Bonchev–Trinajstić information content (AvgIpc) is 2.53. The van der Waals surface area contributed by atoms with Crippen LogP contribution in [0.15, 0.2) is 24.3 Å². The zero-order valence-corrected chi connectivity index (χ0v) is 11.8. The summed E-state index contributed by atoms with van der Waals surface area (Å²) in [6.45, 7) is 0.458. The Labute approximate surface area is 127 Å². The number of aromatic hydroxyl groups is 1. The minimum Gasteiger partial charge on any atom is -0.506 e. The van der Waals surface area contributed by atoms with Crippen LogP contribution in [0.1, 0.15) is 0 Å². The van der Waals surface area contributed by atoms with E-state index in [9.17, 15) is 5.11 Å². The van der Waals surface area contributed by atoms with Gasteiger partial charge >= 0.3 is 0 Å². The summed E-state index contributed by atoms with van der Waals surface area (Å²) in [6.07, 6.45) is 0. The van der Waals surface area contributed by atoms with E-state index in [1.807, 2.05) is 0 Å². The van der Waals surface area contributed by atoms with E-state index >= 15 is 0 Å². The highest BCUT2D eigenvalue weighted by molar-refractivity contribution is 5.62. The van der Waals surface area contributed by atoms with Crippen molar-refractivity contribution in [2.24, 2.45) is 0 Å². The fourth-order valence-electron chi connectivity index (χ4n) is 1.63. The number of aromatic nitrogens is 3. The van der Waals surface area contributed by atoms with E-state index < -0.39 is 0 Å². The molecule has 0 saturated heterocycles. The number of phenols is 1. The molecule has 0 aliphatic rings. The van der Waals surface area contributed by atoms with Crippen molar-refractivity contribution in [2.45, 2.75) is 0 Å². The molecule has 0 radical (unpaired) electrons. The topological polar surface area (TPSA) is 135 Å². The van der Waals surface area contributed by atoms with E-state index in [1.165, 1.54) is 0 Å². The second-order valence-electron chi connectivity index (χ2n) is 4.25. The first-order valence-electron chi connectivity index (χ1n) is 6.73. The van der Waals surface area contributed by atoms with Crippen LogP contribution in [-0.2, 0) is 0 Å². The minimum absolute atomic E-state index is 0.0622. The van der Waals surface area contributed by atoms with Crippen molar-refractivity contribution in [3.8, 4) is 5.75 Å². The molecule has 0 atom stereocenters. The van der Waals surface area contributed by atoms with Gasteiger partial charge in [0, 0.05) is 13.1 Å². The summed E-state index contributed by atoms with van der Waals surface area (Å²) in [5.41, 5.74) is 0.454. The molecular formula is C13H18N6O3. The SMILES string of the molecule is OCCNc1nc(NCCO)nc(Nc2ccccc2O)n1. The molecule has 0 aliphatic carbocycles. The van der Waals surface area contributed by atoms with Gasteiger partial charge in [-0.1, -0.05) is 12.1 Å². The maximum absolute atomic E-state index is 9.76. The standard InChI is InChI=1S/C13H18N6O3/c20-7-5-14-11-17-12(15-6-8-21)19-13(18-11)16-9-3-1-2-4-10(9)22/h1-4,20-22H,5-8H2,(H3,14,15,16,17,18,19). The second kappa shape index (κ2) is 7.96. The van der Waals surface area contributed by atoms with Gasteiger partial charge in [-0.25, -0.2) is 0 Å². The molecule has 0 bridgehead atoms. The van der Waals surface area contributed by atoms with Gasteiger partial charge in [-0.3, -0.25) is 0 Å². The molecular weight excluding hydrogens is 288 g/mol. The van der Waals surface area contributed by atoms with E-state index in [2.05, 4.69) is 30.9 Å². The highest BCUT2D eigenvalue weighted by atomic mass is 16.3. The molecule has 6 N–H and O–H groups in total. The molecule has 2 rings (SSSR count). The van der Waals surface area contributed by atoms with E-state index in [0.717, 1.165) is 0 Å². The molecule has 0 saturated carbocycles. The quantitative estimate of drug-likeness (QED) is 0.376. The summed E-state index contributed by atoms with van der Waals surface area (Å²) in [7, 11) is 0. The maximum Gasteiger partial charge on any atom is 0.233 e. The third-order valence-corrected chi connectivity index (χ3v) is 2.58. The highest BCUT2D eigenvalue weighted by Crippen LogP contribution is 2.24. The predicted molar refractivity (Wildman–Crippen MR) is 82.4 cm³/mol. The van der Waals surface area contributed by atoms with Crippen molar-refractivity contribution in [2.75, 3.05) is 42.3 Å². The molecule has 2 aromatic rings. The molecule has 22 heavy (non-hydrogen) atoms. The third kappa shape index (κ3) is 4.43. The van der Waals surface area contributed by atoms with Crippen LogP contribution in [0.25, 0.3) is 0 Å². The summed E-state index contributed by atoms with van der Waals surface area (Å²) in [5.74, 6) is 0.819. The Balaban J connectivity index is 2.22. The lowest BCUT2D eigenvalue weighted by molar-refractivity contribution is 0.310. The normalized spacial score (nSPS) is 10.3. The molecule has 0 aliphatic heterocycles. The van der Waals surface area contributed by atoms with E-state index in [0.29, 0.717) is 18.8 Å². The number of nitrogens with one attached hydrogen (secondary N) is 3. The molecule has 9 nitrogen and oxygen atoms in total. The molecule has 0 unspecified atom stereocenters. The maximum atomic E-state index is 9.76. The van der Waals surface area contributed by atoms with Crippen LogP contribution < -0.4 is 16.0 Å². The average molecular weight is 306 g/mol. The van der Waals surface area contributed by atoms with Gasteiger partial charge in [-0.05, 0) is 12.1 Å². The third-order valence-electron chi connectivity index (χ3n) is 2.58. The molecule has 0 spiro atoms. The zero-order chi connectivity index (χ0) is 15.8. The number of hydrogen-bond donors (Lipinski definition) is 6. The van der Waals surface area contributed by atoms with Crippen molar-refractivity contribution in [3.63, 3.8) is 0 Å². The number of hydrogen-bond acceptors (Lipinski definition) is 9. The van der Waals surface area contributed by atoms with Crippen LogP contribution in [0.4, 0.5) is 23.5 Å². The number of rotatable bonds is 8. The fourth-order valence-corrected chi connectivity index (χ4v) is 1.63. The Morgan fingerprint density at radius 2 is 1.36 bits per heavy atom. The Morgan fingerprint density at radius 1 is 0.818 bits per heavy atom. The van der Waals surface area contributed by atoms with Crippen molar-refractivity contribution in [3.05, 3.63) is 24.3 Å². The summed E-state index contributed by atoms with van der Waals surface area (Å²) in [6, 6.07) is 6.69. The van der Waals surface area contributed by atoms with E-state index in [-0.39, 0.29) is 36.8 Å².